The second-order valence-corrected chi connectivity index (χ2v) is 0.981. The van der Waals surface area contributed by atoms with Gasteiger partial charge in [0.05, 0.1) is 0 Å². The van der Waals surface area contributed by atoms with Gasteiger partial charge in [-0.25, -0.2) is 0 Å². The zero-order valence-corrected chi connectivity index (χ0v) is 14.5. The van der Waals surface area contributed by atoms with Gasteiger partial charge < -0.3 is 0 Å². The Hall–Kier alpha value is 1.70. The summed E-state index contributed by atoms with van der Waals surface area (Å²) in [5, 5.41) is 0. The van der Waals surface area contributed by atoms with E-state index in [9.17, 15) is 0 Å². The van der Waals surface area contributed by atoms with Gasteiger partial charge in [-0.05, 0) is 0 Å². The van der Waals surface area contributed by atoms with Crippen molar-refractivity contribution in [3.05, 3.63) is 0 Å². The Morgan fingerprint density at radius 2 is 1.29 bits per heavy atom. The molecular weight excluding hydrogens is 439 g/mol. The summed E-state index contributed by atoms with van der Waals surface area (Å²) < 4.78 is 32.9. The molecule has 0 unspecified atom stereocenters. The Morgan fingerprint density at radius 3 is 1.29 bits per heavy atom. The molecule has 0 aliphatic carbocycles. The van der Waals surface area contributed by atoms with E-state index in [1.165, 1.54) is 0 Å². The minimum atomic E-state index is -3.69. The molecule has 7 heavy (non-hydrogen) atoms. The monoisotopic (exact) mass is 444 g/mol. The maximum atomic E-state index is 8.67. The fourth-order valence-electron chi connectivity index (χ4n) is 0. The topological polar surface area (TPSA) is 71.4 Å². The molecule has 0 radical (unpaired) electrons. The molecule has 0 rings (SSSR count). The second kappa shape index (κ2) is 15.6. The predicted octanol–water partition coefficient (Wildman–Crippen LogP) is -2.75. The molecule has 0 amide bonds. The molecule has 0 aliphatic heterocycles. The summed E-state index contributed by atoms with van der Waals surface area (Å²) in [7, 11) is 0. The van der Waals surface area contributed by atoms with E-state index in [2.05, 4.69) is 0 Å². The molecule has 4 nitrogen and oxygen atoms in total. The molecule has 42 valence electrons. The van der Waals surface area contributed by atoms with Crippen molar-refractivity contribution in [3.63, 3.8) is 0 Å². The first-order chi connectivity index (χ1) is 2.73. The summed E-state index contributed by atoms with van der Waals surface area (Å²) in [5.41, 5.74) is 0. The van der Waals surface area contributed by atoms with Gasteiger partial charge in [-0.15, -0.1) is 0 Å². The van der Waals surface area contributed by atoms with Crippen molar-refractivity contribution < 1.29 is 29.6 Å². The van der Waals surface area contributed by atoms with Gasteiger partial charge in [0.25, 0.3) is 0 Å². The molecule has 0 aromatic carbocycles. The first kappa shape index (κ1) is 15.9. The molecule has 0 aromatic rings. The van der Waals surface area contributed by atoms with Crippen LogP contribution in [0.1, 0.15) is 0 Å². The van der Waals surface area contributed by atoms with Crippen molar-refractivity contribution >= 4 is 50.6 Å². The van der Waals surface area contributed by atoms with E-state index in [1.807, 2.05) is 0 Å². The normalized spacial score (nSPS) is 4.00. The molecule has 1 N–H and O–H groups in total. The fraction of sp³-hybridized carbons (Fsp3) is 0. The fourth-order valence-corrected chi connectivity index (χ4v) is 0. The van der Waals surface area contributed by atoms with Gasteiger partial charge in [0.15, 0.2) is 0 Å². The van der Waals surface area contributed by atoms with Crippen molar-refractivity contribution in [3.8, 4) is 0 Å². The average Bonchev–Trinajstić information content (AvgIpc) is 1.41. The van der Waals surface area contributed by atoms with Crippen LogP contribution in [0, 0.1) is 0 Å². The summed E-state index contributed by atoms with van der Waals surface area (Å²) in [6.45, 7) is 0. The Bertz CT molecular complexity index is 69.8. The van der Waals surface area contributed by atoms with Gasteiger partial charge in [0.1, 0.15) is 0 Å². The predicted molar refractivity (Wildman–Crippen MR) is 21.4 cm³/mol. The Balaban J connectivity index is -0.0000000480. The molecule has 7 heteroatoms. The van der Waals surface area contributed by atoms with Crippen LogP contribution in [0.25, 0.3) is 0 Å². The first-order valence-electron chi connectivity index (χ1n) is 0.854. The van der Waals surface area contributed by atoms with Gasteiger partial charge in [0.2, 0.25) is 0 Å². The van der Waals surface area contributed by atoms with Gasteiger partial charge in [0, 0.05) is 0 Å². The van der Waals surface area contributed by atoms with Gasteiger partial charge in [-0.1, -0.05) is 0 Å². The van der Waals surface area contributed by atoms with Gasteiger partial charge in [-0.3, -0.25) is 0 Å². The van der Waals surface area contributed by atoms with Crippen LogP contribution in [0.15, 0.2) is 0 Å². The van der Waals surface area contributed by atoms with Crippen LogP contribution in [0.3, 0.4) is 0 Å². The van der Waals surface area contributed by atoms with Crippen molar-refractivity contribution in [2.75, 3.05) is 0 Å². The van der Waals surface area contributed by atoms with Crippen LogP contribution < -0.4 is 0 Å². The first-order valence-corrected chi connectivity index (χ1v) is 4.27. The molecular formula is H5BiInO4V. The number of hydrogen-bond acceptors (Lipinski definition) is 3. The van der Waals surface area contributed by atoms with E-state index in [0.717, 1.165) is 0 Å². The summed E-state index contributed by atoms with van der Waals surface area (Å²) in [5.74, 6) is 0. The van der Waals surface area contributed by atoms with Crippen molar-refractivity contribution in [1.82, 2.24) is 0 Å². The maximum absolute atomic E-state index is 8.67. The minimum absolute atomic E-state index is 0. The van der Waals surface area contributed by atoms with E-state index in [1.54, 1.807) is 0 Å². The summed E-state index contributed by atoms with van der Waals surface area (Å²) >= 11 is -3.79. The van der Waals surface area contributed by atoms with Gasteiger partial charge >= 0.3 is 80.2 Å². The molecule has 0 saturated carbocycles. The average molecular weight is 444 g/mol. The van der Waals surface area contributed by atoms with Crippen LogP contribution in [0.5, 0.6) is 0 Å². The third-order valence-corrected chi connectivity index (χ3v) is 0. The van der Waals surface area contributed by atoms with E-state index in [0.29, 0.717) is 0 Å². The molecule has 0 saturated heterocycles. The van der Waals surface area contributed by atoms with Crippen LogP contribution in [0.2, 0.25) is 0 Å². The van der Waals surface area contributed by atoms with E-state index in [4.69, 9.17) is 14.2 Å². The third kappa shape index (κ3) is 86.7. The zero-order chi connectivity index (χ0) is 5.58. The van der Waals surface area contributed by atoms with E-state index >= 15 is 0 Å². The third-order valence-electron chi connectivity index (χ3n) is 0. The van der Waals surface area contributed by atoms with Crippen LogP contribution in [0.4, 0.5) is 0 Å². The molecule has 0 fully saturated rings. The molecule has 0 atom stereocenters. The summed E-state index contributed by atoms with van der Waals surface area (Å²) in [6, 6.07) is 0. The Morgan fingerprint density at radius 1 is 1.29 bits per heavy atom. The van der Waals surface area contributed by atoms with E-state index in [-0.39, 0.29) is 50.6 Å². The standard InChI is InChI=1S/Bi.In.H2O.3O.V.4H/h;;1H2;;;;;;;;/q;;;;;;+1;;;;/p-1. The SMILES string of the molecule is [BiH3].[O]=[InH].[O]=[V](=[O])[OH]. The quantitative estimate of drug-likeness (QED) is 0.412. The van der Waals surface area contributed by atoms with Crippen molar-refractivity contribution in [2.24, 2.45) is 0 Å². The van der Waals surface area contributed by atoms with Crippen molar-refractivity contribution in [1.29, 1.82) is 0 Å². The molecule has 0 aromatic heterocycles. The van der Waals surface area contributed by atoms with Crippen LogP contribution in [-0.4, -0.2) is 54.6 Å². The van der Waals surface area contributed by atoms with Crippen LogP contribution >= 0.6 is 0 Å². The summed E-state index contributed by atoms with van der Waals surface area (Å²) in [4.78, 5) is 0. The number of hydrogen-bond donors (Lipinski definition) is 1. The summed E-state index contributed by atoms with van der Waals surface area (Å²) in [6.07, 6.45) is 0. The molecule has 0 aliphatic rings. The molecule has 0 heterocycles. The van der Waals surface area contributed by atoms with Gasteiger partial charge in [-0.2, -0.15) is 0 Å². The van der Waals surface area contributed by atoms with Crippen molar-refractivity contribution in [2.45, 2.75) is 0 Å². The Kier molecular flexibility index (Phi) is 35.5. The van der Waals surface area contributed by atoms with E-state index < -0.39 is 15.4 Å². The number of rotatable bonds is 0. The molecule has 0 bridgehead atoms. The van der Waals surface area contributed by atoms with Crippen LogP contribution in [-0.2, 0) is 25.6 Å². The Labute approximate surface area is 79.2 Å². The molecule has 0 spiro atoms. The zero-order valence-electron chi connectivity index (χ0n) is 3.53. The second-order valence-electron chi connectivity index (χ2n) is 0.238.